The molecule has 1 saturated heterocycles. The van der Waals surface area contributed by atoms with Crippen LogP contribution in [-0.2, 0) is 13.1 Å². The molecule has 3 atom stereocenters. The van der Waals surface area contributed by atoms with Gasteiger partial charge in [0.1, 0.15) is 12.4 Å². The van der Waals surface area contributed by atoms with Gasteiger partial charge in [-0.1, -0.05) is 23.7 Å². The van der Waals surface area contributed by atoms with Crippen molar-refractivity contribution in [2.45, 2.75) is 25.4 Å². The Kier molecular flexibility index (Phi) is 3.74. The second-order valence-electron chi connectivity index (χ2n) is 6.73. The van der Waals surface area contributed by atoms with Gasteiger partial charge in [-0.05, 0) is 24.6 Å². The van der Waals surface area contributed by atoms with Gasteiger partial charge in [0.15, 0.2) is 0 Å². The van der Waals surface area contributed by atoms with Crippen molar-refractivity contribution in [2.24, 2.45) is 5.92 Å². The van der Waals surface area contributed by atoms with Gasteiger partial charge < -0.3 is 9.47 Å². The minimum absolute atomic E-state index is 0.0952. The predicted octanol–water partition coefficient (Wildman–Crippen LogP) is 1.84. The first-order valence-electron chi connectivity index (χ1n) is 8.08. The molecule has 0 saturated carbocycles. The average Bonchev–Trinajstić information content (AvgIpc) is 2.52. The summed E-state index contributed by atoms with van der Waals surface area (Å²) < 4.78 is 16.0. The summed E-state index contributed by atoms with van der Waals surface area (Å²) in [5.41, 5.74) is 1.83. The Morgan fingerprint density at radius 1 is 1.22 bits per heavy atom. The fourth-order valence-electron chi connectivity index (χ4n) is 4.22. The standard InChI is InChI=1S/C18H18ClFN2O/c19-15-3-1-4-16(20)14(15)11-21-8-12-7-13(10-21)17-5-2-6-18(23)22(17)9-12/h1-6,12-13H,7-11H2/p+1/t12-,13+/m0/s1. The molecule has 2 bridgehead atoms. The molecule has 2 aromatic rings. The van der Waals surface area contributed by atoms with Crippen LogP contribution < -0.4 is 10.5 Å². The molecule has 1 aromatic carbocycles. The van der Waals surface area contributed by atoms with Crippen LogP contribution in [0.2, 0.25) is 5.02 Å². The lowest BCUT2D eigenvalue weighted by molar-refractivity contribution is -0.924. The van der Waals surface area contributed by atoms with Crippen LogP contribution in [0.5, 0.6) is 0 Å². The zero-order chi connectivity index (χ0) is 16.0. The third-order valence-corrected chi connectivity index (χ3v) is 5.52. The van der Waals surface area contributed by atoms with Gasteiger partial charge in [0.2, 0.25) is 0 Å². The number of pyridine rings is 1. The van der Waals surface area contributed by atoms with Crippen molar-refractivity contribution in [3.8, 4) is 0 Å². The van der Waals surface area contributed by atoms with Crippen LogP contribution in [-0.4, -0.2) is 17.7 Å². The number of hydrogen-bond donors (Lipinski definition) is 1. The van der Waals surface area contributed by atoms with Crippen LogP contribution in [0.4, 0.5) is 4.39 Å². The van der Waals surface area contributed by atoms with E-state index in [1.165, 1.54) is 11.0 Å². The number of quaternary nitrogens is 1. The molecule has 0 spiro atoms. The van der Waals surface area contributed by atoms with Gasteiger partial charge in [0, 0.05) is 30.1 Å². The van der Waals surface area contributed by atoms with Crippen LogP contribution >= 0.6 is 11.6 Å². The van der Waals surface area contributed by atoms with Crippen LogP contribution in [0.15, 0.2) is 41.2 Å². The summed E-state index contributed by atoms with van der Waals surface area (Å²) >= 11 is 6.17. The highest BCUT2D eigenvalue weighted by Crippen LogP contribution is 2.30. The van der Waals surface area contributed by atoms with E-state index < -0.39 is 0 Å². The largest absolute Gasteiger partial charge is 0.330 e. The van der Waals surface area contributed by atoms with E-state index in [1.807, 2.05) is 10.6 Å². The smallest absolute Gasteiger partial charge is 0.250 e. The van der Waals surface area contributed by atoms with E-state index >= 15 is 0 Å². The van der Waals surface area contributed by atoms with Crippen molar-refractivity contribution in [2.75, 3.05) is 13.1 Å². The number of fused-ring (bicyclic) bond motifs is 4. The van der Waals surface area contributed by atoms with Gasteiger partial charge in [-0.25, -0.2) is 4.39 Å². The summed E-state index contributed by atoms with van der Waals surface area (Å²) in [7, 11) is 0. The fraction of sp³-hybridized carbons (Fsp3) is 0.389. The lowest BCUT2D eigenvalue weighted by atomic mass is 9.83. The van der Waals surface area contributed by atoms with Gasteiger partial charge >= 0.3 is 0 Å². The molecule has 0 amide bonds. The Labute approximate surface area is 139 Å². The Bertz CT molecular complexity index is 784. The Balaban J connectivity index is 1.60. The number of likely N-dealkylation sites (tertiary alicyclic amines) is 1. The summed E-state index contributed by atoms with van der Waals surface area (Å²) in [6.07, 6.45) is 1.12. The number of hydrogen-bond acceptors (Lipinski definition) is 1. The van der Waals surface area contributed by atoms with Gasteiger partial charge in [-0.3, -0.25) is 4.79 Å². The molecule has 5 heteroatoms. The highest BCUT2D eigenvalue weighted by molar-refractivity contribution is 6.31. The van der Waals surface area contributed by atoms with E-state index in [2.05, 4.69) is 6.07 Å². The maximum atomic E-state index is 14.0. The van der Waals surface area contributed by atoms with E-state index in [1.54, 1.807) is 18.2 Å². The molecule has 0 aliphatic carbocycles. The molecule has 1 N–H and O–H groups in total. The van der Waals surface area contributed by atoms with Crippen molar-refractivity contribution >= 4 is 11.6 Å². The second-order valence-corrected chi connectivity index (χ2v) is 7.14. The monoisotopic (exact) mass is 333 g/mol. The highest BCUT2D eigenvalue weighted by atomic mass is 35.5. The van der Waals surface area contributed by atoms with Gasteiger partial charge in [0.05, 0.1) is 23.7 Å². The average molecular weight is 334 g/mol. The van der Waals surface area contributed by atoms with Gasteiger partial charge in [0.25, 0.3) is 5.56 Å². The molecule has 120 valence electrons. The molecule has 1 unspecified atom stereocenters. The van der Waals surface area contributed by atoms with Crippen LogP contribution in [0, 0.1) is 11.7 Å². The van der Waals surface area contributed by atoms with E-state index in [-0.39, 0.29) is 11.4 Å². The Morgan fingerprint density at radius 2 is 2.04 bits per heavy atom. The molecule has 1 fully saturated rings. The zero-order valence-electron chi connectivity index (χ0n) is 12.8. The summed E-state index contributed by atoms with van der Waals surface area (Å²) in [4.78, 5) is 13.4. The predicted molar refractivity (Wildman–Crippen MR) is 87.4 cm³/mol. The molecule has 23 heavy (non-hydrogen) atoms. The maximum absolute atomic E-state index is 14.0. The van der Waals surface area contributed by atoms with Crippen molar-refractivity contribution in [3.05, 3.63) is 68.8 Å². The first kappa shape index (κ1) is 14.9. The summed E-state index contributed by atoms with van der Waals surface area (Å²) in [6, 6.07) is 10.4. The molecule has 2 aliphatic heterocycles. The van der Waals surface area contributed by atoms with Crippen LogP contribution in [0.1, 0.15) is 23.6 Å². The van der Waals surface area contributed by atoms with Crippen molar-refractivity contribution in [1.29, 1.82) is 0 Å². The third-order valence-electron chi connectivity index (χ3n) is 5.16. The number of rotatable bonds is 2. The Hall–Kier alpha value is -1.65. The molecule has 0 radical (unpaired) electrons. The normalized spacial score (nSPS) is 25.9. The minimum atomic E-state index is -0.225. The van der Waals surface area contributed by atoms with E-state index in [0.29, 0.717) is 29.0 Å². The summed E-state index contributed by atoms with van der Waals surface area (Å²) in [6.45, 7) is 3.27. The molecular formula is C18H19ClFN2O+. The highest BCUT2D eigenvalue weighted by Gasteiger charge is 2.37. The van der Waals surface area contributed by atoms with E-state index in [4.69, 9.17) is 11.6 Å². The fourth-order valence-corrected chi connectivity index (χ4v) is 4.45. The number of piperidine rings is 1. The summed E-state index contributed by atoms with van der Waals surface area (Å²) in [5.74, 6) is 0.621. The Morgan fingerprint density at radius 3 is 2.87 bits per heavy atom. The second kappa shape index (κ2) is 5.77. The lowest BCUT2D eigenvalue weighted by Crippen LogP contribution is -3.13. The molecule has 2 aliphatic rings. The number of nitrogens with zero attached hydrogens (tertiary/aromatic N) is 1. The number of halogens is 2. The molecule has 1 aromatic heterocycles. The maximum Gasteiger partial charge on any atom is 0.250 e. The van der Waals surface area contributed by atoms with Crippen LogP contribution in [0.25, 0.3) is 0 Å². The molecule has 3 heterocycles. The zero-order valence-corrected chi connectivity index (χ0v) is 13.5. The van der Waals surface area contributed by atoms with Crippen molar-refractivity contribution in [1.82, 2.24) is 4.57 Å². The van der Waals surface area contributed by atoms with Crippen LogP contribution in [0.3, 0.4) is 0 Å². The SMILES string of the molecule is O=c1cccc2n1C[C@H]1C[C@@H]2C[NH+](Cc2c(F)cccc2Cl)C1. The van der Waals surface area contributed by atoms with E-state index in [9.17, 15) is 9.18 Å². The topological polar surface area (TPSA) is 26.4 Å². The summed E-state index contributed by atoms with van der Waals surface area (Å²) in [5, 5.41) is 0.504. The quantitative estimate of drug-likeness (QED) is 0.892. The first-order valence-corrected chi connectivity index (χ1v) is 8.46. The molecular weight excluding hydrogens is 315 g/mol. The minimum Gasteiger partial charge on any atom is -0.330 e. The van der Waals surface area contributed by atoms with Gasteiger partial charge in [-0.15, -0.1) is 0 Å². The van der Waals surface area contributed by atoms with E-state index in [0.717, 1.165) is 31.7 Å². The number of aromatic nitrogens is 1. The lowest BCUT2D eigenvalue weighted by Gasteiger charge is -2.40. The molecule has 3 nitrogen and oxygen atoms in total. The molecule has 4 rings (SSSR count). The number of benzene rings is 1. The van der Waals surface area contributed by atoms with Gasteiger partial charge in [-0.2, -0.15) is 0 Å². The van der Waals surface area contributed by atoms with Crippen molar-refractivity contribution < 1.29 is 9.29 Å². The van der Waals surface area contributed by atoms with Crippen molar-refractivity contribution in [3.63, 3.8) is 0 Å². The number of nitrogens with one attached hydrogen (secondary N) is 1. The first-order chi connectivity index (χ1) is 11.1. The third kappa shape index (κ3) is 2.70.